The van der Waals surface area contributed by atoms with Gasteiger partial charge in [-0.15, -0.1) is 0 Å². The average Bonchev–Trinajstić information content (AvgIpc) is 3.23. The Kier molecular flexibility index (Phi) is 6.59. The van der Waals surface area contributed by atoms with Crippen molar-refractivity contribution in [3.05, 3.63) is 65.7 Å². The molecule has 5 rings (SSSR count). The highest BCUT2D eigenvalue weighted by Gasteiger charge is 2.43. The molecule has 3 aromatic rings. The van der Waals surface area contributed by atoms with E-state index < -0.39 is 5.97 Å². The standard InChI is InChI=1S/C28H29NO6/c30-18-23-22-4-2-1-3-20(22)5-8-25(23)34-16-15-33-21-6-7-24-26(17-21)35-19-28(24)10-13-29(14-11-28)12-9-27(31)32/h1-8,17-18H,9-16,19H2,(H,31,32). The van der Waals surface area contributed by atoms with Crippen LogP contribution in [0.5, 0.6) is 17.2 Å². The van der Waals surface area contributed by atoms with Crippen molar-refractivity contribution in [3.8, 4) is 17.2 Å². The molecule has 3 aromatic carbocycles. The number of nitrogens with zero attached hydrogens (tertiary/aromatic N) is 1. The van der Waals surface area contributed by atoms with E-state index in [9.17, 15) is 9.59 Å². The van der Waals surface area contributed by atoms with Crippen molar-refractivity contribution in [2.24, 2.45) is 0 Å². The zero-order chi connectivity index (χ0) is 24.3. The van der Waals surface area contributed by atoms with E-state index in [2.05, 4.69) is 11.0 Å². The molecule has 182 valence electrons. The van der Waals surface area contributed by atoms with Crippen LogP contribution in [-0.4, -0.2) is 61.7 Å². The second-order valence-electron chi connectivity index (χ2n) is 9.23. The Morgan fingerprint density at radius 1 is 1.06 bits per heavy atom. The number of aldehydes is 1. The number of hydrogen-bond acceptors (Lipinski definition) is 6. The fourth-order valence-corrected chi connectivity index (χ4v) is 5.15. The van der Waals surface area contributed by atoms with Gasteiger partial charge in [-0.25, -0.2) is 0 Å². The second kappa shape index (κ2) is 9.96. The van der Waals surface area contributed by atoms with Crippen LogP contribution in [0.25, 0.3) is 10.8 Å². The molecule has 1 fully saturated rings. The molecule has 2 heterocycles. The van der Waals surface area contributed by atoms with E-state index in [1.807, 2.05) is 48.5 Å². The van der Waals surface area contributed by atoms with Gasteiger partial charge in [0.15, 0.2) is 6.29 Å². The summed E-state index contributed by atoms with van der Waals surface area (Å²) >= 11 is 0. The third-order valence-corrected chi connectivity index (χ3v) is 7.14. The van der Waals surface area contributed by atoms with Crippen LogP contribution in [0, 0.1) is 0 Å². The highest BCUT2D eigenvalue weighted by Crippen LogP contribution is 2.46. The number of carbonyl (C=O) groups is 2. The van der Waals surface area contributed by atoms with E-state index in [1.165, 1.54) is 5.56 Å². The number of benzene rings is 3. The first-order valence-corrected chi connectivity index (χ1v) is 12.0. The molecule has 0 unspecified atom stereocenters. The van der Waals surface area contributed by atoms with Crippen LogP contribution in [0.15, 0.2) is 54.6 Å². The Morgan fingerprint density at radius 2 is 1.86 bits per heavy atom. The van der Waals surface area contributed by atoms with Gasteiger partial charge in [0, 0.05) is 23.6 Å². The Morgan fingerprint density at radius 3 is 2.66 bits per heavy atom. The molecule has 0 aromatic heterocycles. The van der Waals surface area contributed by atoms with E-state index in [1.54, 1.807) is 0 Å². The lowest BCUT2D eigenvalue weighted by atomic mass is 9.74. The van der Waals surface area contributed by atoms with Crippen LogP contribution in [0.4, 0.5) is 0 Å². The number of carboxylic acids is 1. The number of rotatable bonds is 9. The molecule has 0 amide bonds. The Hall–Kier alpha value is -3.58. The summed E-state index contributed by atoms with van der Waals surface area (Å²) in [7, 11) is 0. The summed E-state index contributed by atoms with van der Waals surface area (Å²) in [5, 5.41) is 10.8. The van der Waals surface area contributed by atoms with Crippen LogP contribution in [0.1, 0.15) is 35.2 Å². The largest absolute Gasteiger partial charge is 0.492 e. The molecule has 0 bridgehead atoms. The first kappa shape index (κ1) is 23.2. The first-order valence-electron chi connectivity index (χ1n) is 12.0. The van der Waals surface area contributed by atoms with Gasteiger partial charge in [-0.1, -0.05) is 36.4 Å². The van der Waals surface area contributed by atoms with Gasteiger partial charge in [-0.05, 0) is 48.8 Å². The molecule has 0 saturated carbocycles. The predicted molar refractivity (Wildman–Crippen MR) is 132 cm³/mol. The van der Waals surface area contributed by atoms with Crippen molar-refractivity contribution in [1.82, 2.24) is 4.90 Å². The third kappa shape index (κ3) is 4.82. The lowest BCUT2D eigenvalue weighted by Crippen LogP contribution is -2.44. The van der Waals surface area contributed by atoms with Gasteiger partial charge in [0.1, 0.15) is 30.5 Å². The summed E-state index contributed by atoms with van der Waals surface area (Å²) in [4.78, 5) is 24.7. The number of likely N-dealkylation sites (tertiary alicyclic amines) is 1. The second-order valence-corrected chi connectivity index (χ2v) is 9.23. The van der Waals surface area contributed by atoms with Crippen molar-refractivity contribution in [2.75, 3.05) is 39.5 Å². The van der Waals surface area contributed by atoms with Crippen molar-refractivity contribution < 1.29 is 28.9 Å². The molecule has 1 spiro atoms. The minimum Gasteiger partial charge on any atom is -0.492 e. The Labute approximate surface area is 204 Å². The number of aliphatic carboxylic acids is 1. The van der Waals surface area contributed by atoms with Gasteiger partial charge in [0.25, 0.3) is 0 Å². The summed E-state index contributed by atoms with van der Waals surface area (Å²) < 4.78 is 17.8. The van der Waals surface area contributed by atoms with Crippen molar-refractivity contribution >= 4 is 23.0 Å². The zero-order valence-corrected chi connectivity index (χ0v) is 19.6. The lowest BCUT2D eigenvalue weighted by molar-refractivity contribution is -0.137. The van der Waals surface area contributed by atoms with Crippen LogP contribution in [0.2, 0.25) is 0 Å². The summed E-state index contributed by atoms with van der Waals surface area (Å²) in [5.74, 6) is 1.38. The maximum atomic E-state index is 11.7. The van der Waals surface area contributed by atoms with E-state index in [0.717, 1.165) is 54.5 Å². The SMILES string of the molecule is O=Cc1c(OCCOc2ccc3c(c2)OCC32CCN(CCC(=O)O)CC2)ccc2ccccc12. The number of carbonyl (C=O) groups excluding carboxylic acids is 1. The molecule has 1 N–H and O–H groups in total. The predicted octanol–water partition coefficient (Wildman–Crippen LogP) is 4.31. The molecule has 0 aliphatic carbocycles. The maximum Gasteiger partial charge on any atom is 0.304 e. The number of fused-ring (bicyclic) bond motifs is 3. The highest BCUT2D eigenvalue weighted by molar-refractivity contribution is 6.00. The van der Waals surface area contributed by atoms with Gasteiger partial charge in [-0.3, -0.25) is 9.59 Å². The smallest absolute Gasteiger partial charge is 0.304 e. The summed E-state index contributed by atoms with van der Waals surface area (Å²) in [6, 6.07) is 17.5. The number of hydrogen-bond donors (Lipinski definition) is 1. The summed E-state index contributed by atoms with van der Waals surface area (Å²) in [5.41, 5.74) is 1.76. The molecule has 1 saturated heterocycles. The molecule has 35 heavy (non-hydrogen) atoms. The van der Waals surface area contributed by atoms with Gasteiger partial charge < -0.3 is 24.2 Å². The molecular formula is C28H29NO6. The summed E-state index contributed by atoms with van der Waals surface area (Å²) in [6.07, 6.45) is 2.93. The van der Waals surface area contributed by atoms with Crippen molar-refractivity contribution in [3.63, 3.8) is 0 Å². The number of piperidine rings is 1. The lowest BCUT2D eigenvalue weighted by Gasteiger charge is -2.38. The van der Waals surface area contributed by atoms with Crippen LogP contribution in [-0.2, 0) is 10.2 Å². The van der Waals surface area contributed by atoms with Crippen molar-refractivity contribution in [1.29, 1.82) is 0 Å². The Balaban J connectivity index is 1.16. The highest BCUT2D eigenvalue weighted by atomic mass is 16.5. The first-order chi connectivity index (χ1) is 17.1. The van der Waals surface area contributed by atoms with Gasteiger partial charge in [0.05, 0.1) is 18.6 Å². The fourth-order valence-electron chi connectivity index (χ4n) is 5.15. The molecule has 0 atom stereocenters. The topological polar surface area (TPSA) is 85.3 Å². The number of carboxylic acid groups (broad SMARTS) is 1. The monoisotopic (exact) mass is 475 g/mol. The van der Waals surface area contributed by atoms with Gasteiger partial charge >= 0.3 is 5.97 Å². The van der Waals surface area contributed by atoms with E-state index >= 15 is 0 Å². The molecule has 2 aliphatic heterocycles. The Bertz CT molecular complexity index is 1230. The minimum absolute atomic E-state index is 0.00197. The van der Waals surface area contributed by atoms with Gasteiger partial charge in [0.2, 0.25) is 0 Å². The number of ether oxygens (including phenoxy) is 3. The third-order valence-electron chi connectivity index (χ3n) is 7.14. The molecule has 7 heteroatoms. The fraction of sp³-hybridized carbons (Fsp3) is 0.357. The van der Waals surface area contributed by atoms with E-state index in [0.29, 0.717) is 37.7 Å². The molecule has 2 aliphatic rings. The summed E-state index contributed by atoms with van der Waals surface area (Å²) in [6.45, 7) is 3.66. The minimum atomic E-state index is -0.751. The normalized spacial score (nSPS) is 16.6. The molecule has 0 radical (unpaired) electrons. The quantitative estimate of drug-likeness (QED) is 0.365. The van der Waals surface area contributed by atoms with Crippen molar-refractivity contribution in [2.45, 2.75) is 24.7 Å². The zero-order valence-electron chi connectivity index (χ0n) is 19.6. The van der Waals surface area contributed by atoms with Crippen LogP contribution in [0.3, 0.4) is 0 Å². The van der Waals surface area contributed by atoms with Crippen LogP contribution >= 0.6 is 0 Å². The van der Waals surface area contributed by atoms with E-state index in [-0.39, 0.29) is 11.8 Å². The average molecular weight is 476 g/mol. The van der Waals surface area contributed by atoms with E-state index in [4.69, 9.17) is 19.3 Å². The molecule has 7 nitrogen and oxygen atoms in total. The van der Waals surface area contributed by atoms with Crippen LogP contribution < -0.4 is 14.2 Å². The van der Waals surface area contributed by atoms with Gasteiger partial charge in [-0.2, -0.15) is 0 Å². The molecular weight excluding hydrogens is 446 g/mol. The maximum absolute atomic E-state index is 11.7.